The van der Waals surface area contributed by atoms with Gasteiger partial charge in [-0.1, -0.05) is 0 Å². The van der Waals surface area contributed by atoms with Crippen molar-refractivity contribution < 1.29 is 13.5 Å². The van der Waals surface area contributed by atoms with E-state index in [0.29, 0.717) is 28.3 Å². The monoisotopic (exact) mass is 422 g/mol. The molecular formula is C22H20F2N6O. The van der Waals surface area contributed by atoms with Crippen molar-refractivity contribution in [2.24, 2.45) is 0 Å². The molecule has 0 aliphatic carbocycles. The maximum absolute atomic E-state index is 13.9. The number of rotatable bonds is 4. The highest BCUT2D eigenvalue weighted by molar-refractivity contribution is 5.98. The van der Waals surface area contributed by atoms with Crippen LogP contribution in [0.15, 0.2) is 48.8 Å². The topological polar surface area (TPSA) is 90.9 Å². The van der Waals surface area contributed by atoms with Crippen LogP contribution in [-0.2, 0) is 0 Å². The van der Waals surface area contributed by atoms with Gasteiger partial charge in [0.05, 0.1) is 11.4 Å². The van der Waals surface area contributed by atoms with Gasteiger partial charge in [-0.2, -0.15) is 5.10 Å². The Bertz CT molecular complexity index is 1230. The highest BCUT2D eigenvalue weighted by Gasteiger charge is 2.23. The summed E-state index contributed by atoms with van der Waals surface area (Å²) >= 11 is 0. The van der Waals surface area contributed by atoms with Crippen molar-refractivity contribution in [1.82, 2.24) is 25.1 Å². The highest BCUT2D eigenvalue weighted by Crippen LogP contribution is 2.34. The maximum atomic E-state index is 13.9. The van der Waals surface area contributed by atoms with Crippen molar-refractivity contribution in [3.8, 4) is 22.8 Å². The Morgan fingerprint density at radius 1 is 1.10 bits per heavy atom. The second-order valence-electron chi connectivity index (χ2n) is 7.45. The van der Waals surface area contributed by atoms with Gasteiger partial charge in [-0.3, -0.25) is 0 Å². The molecule has 0 saturated carbocycles. The number of nitrogens with two attached hydrogens (primary N) is 1. The average molecular weight is 422 g/mol. The molecule has 1 fully saturated rings. The molecule has 1 atom stereocenters. The van der Waals surface area contributed by atoms with Gasteiger partial charge < -0.3 is 15.8 Å². The maximum Gasteiger partial charge on any atom is 0.165 e. The minimum atomic E-state index is -0.638. The molecule has 1 aliphatic rings. The fourth-order valence-electron chi connectivity index (χ4n) is 3.86. The minimum absolute atomic E-state index is 0.176. The molecule has 3 heterocycles. The predicted octanol–water partition coefficient (Wildman–Crippen LogP) is 4.07. The first-order valence-corrected chi connectivity index (χ1v) is 10.0. The van der Waals surface area contributed by atoms with Crippen molar-refractivity contribution in [2.75, 3.05) is 18.8 Å². The highest BCUT2D eigenvalue weighted by atomic mass is 19.1. The summed E-state index contributed by atoms with van der Waals surface area (Å²) in [5, 5.41) is 8.91. The normalized spacial score (nSPS) is 16.5. The molecule has 0 bridgehead atoms. The Morgan fingerprint density at radius 2 is 1.94 bits per heavy atom. The summed E-state index contributed by atoms with van der Waals surface area (Å²) in [7, 11) is 0. The van der Waals surface area contributed by atoms with E-state index in [1.54, 1.807) is 24.3 Å². The van der Waals surface area contributed by atoms with Gasteiger partial charge in [0.25, 0.3) is 0 Å². The Morgan fingerprint density at radius 3 is 2.71 bits per heavy atom. The summed E-state index contributed by atoms with van der Waals surface area (Å²) in [5.41, 5.74) is 8.33. The molecule has 2 aromatic carbocycles. The zero-order chi connectivity index (χ0) is 21.4. The van der Waals surface area contributed by atoms with E-state index < -0.39 is 11.6 Å². The molecule has 2 aromatic heterocycles. The Balaban J connectivity index is 1.51. The Kier molecular flexibility index (Phi) is 4.95. The lowest BCUT2D eigenvalue weighted by molar-refractivity contribution is 0.354. The molecule has 0 amide bonds. The summed E-state index contributed by atoms with van der Waals surface area (Å²) < 4.78 is 34.7. The molecular weight excluding hydrogens is 402 g/mol. The number of nitrogens with zero attached hydrogens (tertiary/aromatic N) is 4. The third-order valence-electron chi connectivity index (χ3n) is 5.38. The molecule has 7 nitrogen and oxygen atoms in total. The van der Waals surface area contributed by atoms with Crippen LogP contribution in [0.2, 0.25) is 0 Å². The molecule has 3 N–H and O–H groups in total. The number of piperidine rings is 1. The van der Waals surface area contributed by atoms with E-state index in [1.165, 1.54) is 6.33 Å². The lowest BCUT2D eigenvalue weighted by atomic mass is 10.1. The standard InChI is InChI=1S/C22H20F2N6O/c23-14-5-8-17(24)18(10-14)31-16-6-3-13(4-7-16)20-19-21(25)27-12-28-22(19)30(29-20)15-2-1-9-26-11-15/h3-8,10,12,15,26H,1-2,9,11H2,(H2,25,27,28). The Hall–Kier alpha value is -3.59. The molecule has 31 heavy (non-hydrogen) atoms. The van der Waals surface area contributed by atoms with Crippen LogP contribution < -0.4 is 15.8 Å². The third-order valence-corrected chi connectivity index (χ3v) is 5.38. The number of hydrogen-bond donors (Lipinski definition) is 2. The lowest BCUT2D eigenvalue weighted by Gasteiger charge is -2.23. The van der Waals surface area contributed by atoms with Crippen LogP contribution in [0.1, 0.15) is 18.9 Å². The van der Waals surface area contributed by atoms with Crippen LogP contribution in [0, 0.1) is 11.6 Å². The van der Waals surface area contributed by atoms with Crippen molar-refractivity contribution in [3.05, 3.63) is 60.4 Å². The zero-order valence-corrected chi connectivity index (χ0v) is 16.6. The average Bonchev–Trinajstić information content (AvgIpc) is 3.18. The predicted molar refractivity (Wildman–Crippen MR) is 113 cm³/mol. The van der Waals surface area contributed by atoms with E-state index in [1.807, 2.05) is 4.68 Å². The van der Waals surface area contributed by atoms with Crippen LogP contribution in [0.3, 0.4) is 0 Å². The molecule has 0 radical (unpaired) electrons. The smallest absolute Gasteiger partial charge is 0.165 e. The van der Waals surface area contributed by atoms with Crippen LogP contribution in [0.4, 0.5) is 14.6 Å². The summed E-state index contributed by atoms with van der Waals surface area (Å²) in [4.78, 5) is 8.57. The number of hydrogen-bond acceptors (Lipinski definition) is 6. The summed E-state index contributed by atoms with van der Waals surface area (Å²) in [5.74, 6) is -0.654. The first-order valence-electron chi connectivity index (χ1n) is 10.0. The van der Waals surface area contributed by atoms with Crippen LogP contribution in [0.5, 0.6) is 11.5 Å². The van der Waals surface area contributed by atoms with Crippen molar-refractivity contribution >= 4 is 16.9 Å². The lowest BCUT2D eigenvalue weighted by Crippen LogP contribution is -2.32. The first kappa shape index (κ1) is 19.4. The van der Waals surface area contributed by atoms with Crippen molar-refractivity contribution in [2.45, 2.75) is 18.9 Å². The zero-order valence-electron chi connectivity index (χ0n) is 16.6. The van der Waals surface area contributed by atoms with Gasteiger partial charge in [0, 0.05) is 18.2 Å². The molecule has 1 aliphatic heterocycles. The fourth-order valence-corrected chi connectivity index (χ4v) is 3.86. The summed E-state index contributed by atoms with van der Waals surface area (Å²) in [6, 6.07) is 10.2. The second kappa shape index (κ2) is 7.92. The summed E-state index contributed by atoms with van der Waals surface area (Å²) in [6.07, 6.45) is 3.50. The SMILES string of the molecule is Nc1ncnc2c1c(-c1ccc(Oc3cc(F)ccc3F)cc1)nn2C1CCCNC1. The molecule has 9 heteroatoms. The molecule has 4 aromatic rings. The number of fused-ring (bicyclic) bond motifs is 1. The number of aromatic nitrogens is 4. The van der Waals surface area contributed by atoms with E-state index >= 15 is 0 Å². The van der Waals surface area contributed by atoms with E-state index in [-0.39, 0.29) is 11.8 Å². The van der Waals surface area contributed by atoms with Gasteiger partial charge in [-0.25, -0.2) is 23.4 Å². The number of ether oxygens (including phenoxy) is 1. The van der Waals surface area contributed by atoms with Crippen molar-refractivity contribution in [3.63, 3.8) is 0 Å². The number of halogens is 2. The van der Waals surface area contributed by atoms with Gasteiger partial charge in [-0.05, 0) is 55.8 Å². The van der Waals surface area contributed by atoms with Gasteiger partial charge in [0.15, 0.2) is 17.2 Å². The molecule has 1 saturated heterocycles. The molecule has 5 rings (SSSR count). The minimum Gasteiger partial charge on any atom is -0.454 e. The first-order chi connectivity index (χ1) is 15.1. The molecule has 1 unspecified atom stereocenters. The summed E-state index contributed by atoms with van der Waals surface area (Å²) in [6.45, 7) is 1.80. The van der Waals surface area contributed by atoms with Crippen LogP contribution >= 0.6 is 0 Å². The van der Waals surface area contributed by atoms with E-state index in [0.717, 1.165) is 49.7 Å². The fraction of sp³-hybridized carbons (Fsp3) is 0.227. The number of benzene rings is 2. The quantitative estimate of drug-likeness (QED) is 0.515. The Labute approximate surface area is 176 Å². The van der Waals surface area contributed by atoms with Gasteiger partial charge in [0.2, 0.25) is 0 Å². The number of nitrogens with one attached hydrogen (secondary N) is 1. The molecule has 158 valence electrons. The second-order valence-corrected chi connectivity index (χ2v) is 7.45. The van der Waals surface area contributed by atoms with Crippen molar-refractivity contribution in [1.29, 1.82) is 0 Å². The van der Waals surface area contributed by atoms with E-state index in [4.69, 9.17) is 15.6 Å². The van der Waals surface area contributed by atoms with Gasteiger partial charge in [-0.15, -0.1) is 0 Å². The largest absolute Gasteiger partial charge is 0.454 e. The number of nitrogen functional groups attached to an aromatic ring is 1. The number of anilines is 1. The van der Waals surface area contributed by atoms with Crippen LogP contribution in [-0.4, -0.2) is 32.8 Å². The third kappa shape index (κ3) is 3.68. The van der Waals surface area contributed by atoms with Gasteiger partial charge >= 0.3 is 0 Å². The van der Waals surface area contributed by atoms with Crippen LogP contribution in [0.25, 0.3) is 22.3 Å². The van der Waals surface area contributed by atoms with E-state index in [9.17, 15) is 8.78 Å². The van der Waals surface area contributed by atoms with Gasteiger partial charge in [0.1, 0.15) is 29.4 Å². The molecule has 0 spiro atoms. The van der Waals surface area contributed by atoms with E-state index in [2.05, 4.69) is 15.3 Å².